The number of nitrogens with two attached hydrogens (primary N) is 2. The minimum absolute atomic E-state index is 0.0594. The van der Waals surface area contributed by atoms with E-state index in [2.05, 4.69) is 46.6 Å². The fraction of sp³-hybridized carbons (Fsp3) is 0.493. The molecular weight excluding hydrogens is 1370 g/mol. The second-order valence-corrected chi connectivity index (χ2v) is 28.1. The molecule has 3 aromatic heterocycles. The van der Waals surface area contributed by atoms with Crippen molar-refractivity contribution in [2.45, 2.75) is 134 Å². The number of thiol groups is 1. The third-order valence-corrected chi connectivity index (χ3v) is 19.0. The maximum Gasteiger partial charge on any atom is 0.410 e. The zero-order chi connectivity index (χ0) is 71.8. The molecule has 0 spiro atoms. The first kappa shape index (κ1) is 77.2. The molecule has 520 valence electrons. The maximum absolute atomic E-state index is 12.9. The monoisotopic (exact) mass is 1460 g/mol. The van der Waals surface area contributed by atoms with Gasteiger partial charge in [0, 0.05) is 102 Å². The maximum atomic E-state index is 12.9. The summed E-state index contributed by atoms with van der Waals surface area (Å²) in [5, 5.41) is 40.9. The van der Waals surface area contributed by atoms with Crippen LogP contribution in [0.15, 0.2) is 83.9 Å². The average Bonchev–Trinajstić information content (AvgIpc) is 1.66. The van der Waals surface area contributed by atoms with Crippen LogP contribution in [-0.4, -0.2) is 175 Å². The topological polar surface area (TPSA) is 267 Å². The lowest BCUT2D eigenvalue weighted by Crippen LogP contribution is -2.50. The SMILES string of the molecule is CS.Cn1nc(-c2cccc(Cl)c2Cl)cc1C1=CCN(C(=O)OC(C)(C)C)CC1.Cn1nc(-c2cccc(Cl)c2Cl)cc1C1CCN(C(=O)CNC(=O)[C@H](N=C(N)N)C2CCCCC2)CC1O.Cn1nc(-c2cccc(Cl)c2Cl)cc1C1CCN(C(=O)OC(C)(C)C)CC1O.[2H][B]. The summed E-state index contributed by atoms with van der Waals surface area (Å²) in [6, 6.07) is 21.4. The van der Waals surface area contributed by atoms with E-state index in [1.165, 1.54) is 0 Å². The van der Waals surface area contributed by atoms with Gasteiger partial charge in [0.2, 0.25) is 11.8 Å². The molecule has 5 atom stereocenters. The summed E-state index contributed by atoms with van der Waals surface area (Å²) in [7, 11) is 9.30. The Morgan fingerprint density at radius 2 is 1.07 bits per heavy atom. The summed E-state index contributed by atoms with van der Waals surface area (Å²) in [5.41, 5.74) is 18.4. The van der Waals surface area contributed by atoms with Gasteiger partial charge < -0.3 is 51.2 Å². The number of aromatic nitrogens is 6. The molecule has 6 heterocycles. The smallest absolute Gasteiger partial charge is 0.410 e. The van der Waals surface area contributed by atoms with E-state index in [0.29, 0.717) is 86.1 Å². The molecule has 3 fully saturated rings. The van der Waals surface area contributed by atoms with Gasteiger partial charge in [-0.15, -0.1) is 0 Å². The van der Waals surface area contributed by atoms with Gasteiger partial charge in [-0.1, -0.05) is 131 Å². The van der Waals surface area contributed by atoms with Crippen molar-refractivity contribution < 1.29 is 38.9 Å². The van der Waals surface area contributed by atoms with Crippen LogP contribution >= 0.6 is 82.2 Å². The van der Waals surface area contributed by atoms with Crippen LogP contribution in [0.5, 0.6) is 0 Å². The van der Waals surface area contributed by atoms with Crippen LogP contribution in [0, 0.1) is 5.92 Å². The summed E-state index contributed by atoms with van der Waals surface area (Å²) >= 11 is 41.0. The standard InChI is InChI=1S/C26H35Cl2N7O3.C20H25Cl2N3O3.C20H23Cl2N3O2.CH4S.BH/c1-34-20(12-19(33-34)16-8-5-9-18(27)23(16)28)17-10-11-35(14-21(17)36)22(37)13-31-25(38)24(32-26(29)30)15-6-3-2-4-7-15;1-20(2,3)28-19(27)25-9-8-13(17(26)11-25)16-10-15(23-24(16)4)12-6-5-7-14(21)18(12)22;1-20(2,3)27-19(26)25-10-8-13(9-11-25)17-12-16(23-24(17)4)14-6-5-7-15(21)18(14)22;1-2;/h5,8-9,12,15,17,21,24,36H,2-4,6-7,10-11,13-14H2,1H3,(H,31,38)(H4,29,30,32);5-7,10,13,17,26H,8-9,11H2,1-4H3;5-8,12H,9-11H2,1-4H3;2H,1H3;1H/t17?,21?,24-;;;;/m1..../s1/i;;;;1D. The van der Waals surface area contributed by atoms with E-state index in [0.717, 1.165) is 78.0 Å². The van der Waals surface area contributed by atoms with Crippen LogP contribution in [0.3, 0.4) is 0 Å². The fourth-order valence-corrected chi connectivity index (χ4v) is 13.2. The molecule has 1 saturated carbocycles. The van der Waals surface area contributed by atoms with E-state index in [1.54, 1.807) is 48.5 Å². The Hall–Kier alpha value is -6.15. The number of aliphatic hydroxyl groups is 2. The van der Waals surface area contributed by atoms with Gasteiger partial charge in [0.1, 0.15) is 17.2 Å². The first-order valence-corrected chi connectivity index (χ1v) is 34.6. The number of ether oxygens (including phenoxy) is 2. The predicted octanol–water partition coefficient (Wildman–Crippen LogP) is 12.2. The number of rotatable bonds is 11. The van der Waals surface area contributed by atoms with Crippen LogP contribution in [0.4, 0.5) is 9.59 Å². The molecule has 21 nitrogen and oxygen atoms in total. The number of nitrogens with zero attached hydrogens (tertiary/aromatic N) is 10. The third kappa shape index (κ3) is 20.7. The number of aliphatic imine (C=N–C) groups is 1. The number of halogens is 6. The van der Waals surface area contributed by atoms with E-state index >= 15 is 0 Å². The molecular formula is C67H88BCl6N13O8S. The first-order valence-electron chi connectivity index (χ1n) is 32.0. The highest BCUT2D eigenvalue weighted by molar-refractivity contribution is 7.79. The highest BCUT2D eigenvalue weighted by atomic mass is 35.5. The summed E-state index contributed by atoms with van der Waals surface area (Å²) in [5.74, 6) is -1.04. The Labute approximate surface area is 601 Å². The molecule has 6 aromatic rings. The average molecular weight is 1460 g/mol. The van der Waals surface area contributed by atoms with Gasteiger partial charge in [-0.2, -0.15) is 27.9 Å². The number of carbonyl (C=O) groups is 4. The number of carbonyl (C=O) groups excluding carboxylic acids is 4. The Morgan fingerprint density at radius 1 is 0.646 bits per heavy atom. The Kier molecular flexibility index (Phi) is 28.2. The largest absolute Gasteiger partial charge is 0.444 e. The Morgan fingerprint density at radius 3 is 1.50 bits per heavy atom. The van der Waals surface area contributed by atoms with Crippen LogP contribution in [0.1, 0.15) is 122 Å². The fourth-order valence-electron chi connectivity index (χ4n) is 12.0. The molecule has 96 heavy (non-hydrogen) atoms. The molecule has 3 aliphatic heterocycles. The molecule has 29 heteroatoms. The van der Waals surface area contributed by atoms with Gasteiger partial charge in [-0.05, 0) is 129 Å². The van der Waals surface area contributed by atoms with Crippen LogP contribution in [0.2, 0.25) is 30.1 Å². The van der Waals surface area contributed by atoms with Crippen molar-refractivity contribution in [1.29, 1.82) is 1.34 Å². The number of guanidine groups is 1. The van der Waals surface area contributed by atoms with Crippen molar-refractivity contribution in [3.63, 3.8) is 0 Å². The molecule has 4 aliphatic rings. The van der Waals surface area contributed by atoms with Crippen molar-refractivity contribution >= 4 is 126 Å². The van der Waals surface area contributed by atoms with Crippen molar-refractivity contribution in [1.82, 2.24) is 49.4 Å². The molecule has 3 aromatic carbocycles. The van der Waals surface area contributed by atoms with Crippen molar-refractivity contribution in [3.05, 3.63) is 126 Å². The van der Waals surface area contributed by atoms with Crippen LogP contribution in [-0.2, 0) is 40.2 Å². The molecule has 1 aliphatic carbocycles. The number of benzene rings is 3. The third-order valence-electron chi connectivity index (χ3n) is 16.6. The summed E-state index contributed by atoms with van der Waals surface area (Å²) in [6.07, 6.45) is 8.41. The molecule has 2 saturated heterocycles. The first-order chi connectivity index (χ1) is 45.9. The second-order valence-electron chi connectivity index (χ2n) is 25.7. The number of aliphatic hydroxyl groups excluding tert-OH is 2. The van der Waals surface area contributed by atoms with Crippen molar-refractivity contribution in [3.8, 4) is 33.8 Å². The van der Waals surface area contributed by atoms with E-state index in [1.807, 2.05) is 128 Å². The summed E-state index contributed by atoms with van der Waals surface area (Å²) < 4.78 is 21.4. The summed E-state index contributed by atoms with van der Waals surface area (Å²) in [4.78, 5) is 59.3. The number of likely N-dealkylation sites (tertiary alicyclic amines) is 2. The van der Waals surface area contributed by atoms with E-state index in [9.17, 15) is 29.4 Å². The number of aryl methyl sites for hydroxylation is 3. The summed E-state index contributed by atoms with van der Waals surface area (Å²) in [6.45, 7) is 13.4. The number of hydrogen-bond donors (Lipinski definition) is 6. The van der Waals surface area contributed by atoms with Crippen molar-refractivity contribution in [2.24, 2.45) is 43.5 Å². The minimum Gasteiger partial charge on any atom is -0.444 e. The predicted molar refractivity (Wildman–Crippen MR) is 389 cm³/mol. The van der Waals surface area contributed by atoms with Gasteiger partial charge >= 0.3 is 12.2 Å². The van der Waals surface area contributed by atoms with E-state index in [-0.39, 0.29) is 61.3 Å². The van der Waals surface area contributed by atoms with Crippen LogP contribution < -0.4 is 16.8 Å². The molecule has 7 N–H and O–H groups in total. The Bertz CT molecular complexity index is 3740. The molecule has 10 rings (SSSR count). The van der Waals surface area contributed by atoms with Gasteiger partial charge in [0.25, 0.3) is 0 Å². The van der Waals surface area contributed by atoms with Crippen LogP contribution in [0.25, 0.3) is 39.3 Å². The molecule has 0 bridgehead atoms. The highest BCUT2D eigenvalue weighted by Crippen LogP contribution is 2.40. The highest BCUT2D eigenvalue weighted by Gasteiger charge is 2.37. The normalized spacial score (nSPS) is 18.6. The zero-order valence-corrected chi connectivity index (χ0v) is 61.3. The molecule has 4 unspecified atom stereocenters. The lowest BCUT2D eigenvalue weighted by Gasteiger charge is -2.36. The quantitative estimate of drug-likeness (QED) is 0.0305. The second kappa shape index (κ2) is 35.1. The molecule has 2 radical (unpaired) electrons. The number of β-amino-alcohol motifs (C(OH)–C–C–N with tert-alkyl or cyclic N) is 2. The number of hydrogen-bond acceptors (Lipinski definition) is 13. The van der Waals surface area contributed by atoms with Gasteiger partial charge in [0.05, 0.1) is 78.2 Å². The number of piperidine rings is 2. The number of nitrogens with one attached hydrogen (secondary N) is 1. The van der Waals surface area contributed by atoms with Gasteiger partial charge in [-0.25, -0.2) is 14.6 Å². The number of amides is 4. The lowest BCUT2D eigenvalue weighted by molar-refractivity contribution is -0.136. The zero-order valence-electron chi connectivity index (χ0n) is 56.8. The molecule has 4 amide bonds. The minimum atomic E-state index is -0.793. The van der Waals surface area contributed by atoms with Gasteiger partial charge in [-0.3, -0.25) is 23.6 Å². The van der Waals surface area contributed by atoms with Gasteiger partial charge in [0.15, 0.2) is 5.96 Å². The van der Waals surface area contributed by atoms with E-state index in [4.69, 9.17) is 91.9 Å². The van der Waals surface area contributed by atoms with E-state index < -0.39 is 35.5 Å². The lowest BCUT2D eigenvalue weighted by atomic mass is 9.83. The van der Waals surface area contributed by atoms with Crippen molar-refractivity contribution in [2.75, 3.05) is 52.1 Å². The Balaban J connectivity index is 0.000000228.